The second kappa shape index (κ2) is 8.61. The summed E-state index contributed by atoms with van der Waals surface area (Å²) in [6.45, 7) is 5.83. The van der Waals surface area contributed by atoms with Gasteiger partial charge in [-0.25, -0.2) is 0 Å². The Hall–Kier alpha value is -0.970. The maximum Gasteiger partial charge on any atom is 0.165 e. The fraction of sp³-hybridized carbons (Fsp3) is 0.647. The first kappa shape index (κ1) is 17.4. The maximum absolute atomic E-state index is 5.81. The van der Waals surface area contributed by atoms with Crippen molar-refractivity contribution in [2.45, 2.75) is 25.8 Å². The van der Waals surface area contributed by atoms with E-state index in [4.69, 9.17) is 9.47 Å². The maximum atomic E-state index is 5.81. The summed E-state index contributed by atoms with van der Waals surface area (Å²) >= 11 is 0. The first-order valence-corrected chi connectivity index (χ1v) is 8.11. The highest BCUT2D eigenvalue weighted by Gasteiger charge is 2.21. The molecule has 1 fully saturated rings. The number of piperidine rings is 1. The van der Waals surface area contributed by atoms with Crippen LogP contribution >= 0.6 is 12.4 Å². The van der Waals surface area contributed by atoms with E-state index in [-0.39, 0.29) is 12.4 Å². The highest BCUT2D eigenvalue weighted by Crippen LogP contribution is 2.34. The van der Waals surface area contributed by atoms with Crippen LogP contribution < -0.4 is 14.8 Å². The van der Waals surface area contributed by atoms with Crippen LogP contribution in [0.25, 0.3) is 0 Å². The van der Waals surface area contributed by atoms with E-state index in [1.165, 1.54) is 37.9 Å². The van der Waals surface area contributed by atoms with Crippen LogP contribution in [0, 0.1) is 5.92 Å². The number of halogens is 1. The monoisotopic (exact) mass is 326 g/mol. The van der Waals surface area contributed by atoms with Crippen molar-refractivity contribution in [3.8, 4) is 11.5 Å². The van der Waals surface area contributed by atoms with Crippen molar-refractivity contribution in [1.29, 1.82) is 0 Å². The smallest absolute Gasteiger partial charge is 0.165 e. The molecule has 1 N–H and O–H groups in total. The average Bonchev–Trinajstić information content (AvgIpc) is 2.55. The second-order valence-corrected chi connectivity index (χ2v) is 6.05. The Kier molecular flexibility index (Phi) is 6.80. The topological polar surface area (TPSA) is 33.7 Å². The van der Waals surface area contributed by atoms with Crippen LogP contribution in [0.2, 0.25) is 0 Å². The van der Waals surface area contributed by atoms with Gasteiger partial charge in [-0.3, -0.25) is 4.90 Å². The van der Waals surface area contributed by atoms with E-state index in [0.717, 1.165) is 30.5 Å². The summed E-state index contributed by atoms with van der Waals surface area (Å²) in [5.74, 6) is 2.75. The van der Waals surface area contributed by atoms with Crippen LogP contribution in [0.1, 0.15) is 24.8 Å². The third-order valence-electron chi connectivity index (χ3n) is 4.55. The molecule has 0 bridgehead atoms. The molecule has 22 heavy (non-hydrogen) atoms. The number of para-hydroxylation sites is 1. The minimum atomic E-state index is 0. The van der Waals surface area contributed by atoms with Gasteiger partial charge in [-0.05, 0) is 57.9 Å². The molecule has 0 radical (unpaired) electrons. The van der Waals surface area contributed by atoms with Crippen molar-refractivity contribution in [2.75, 3.05) is 39.9 Å². The molecule has 5 heteroatoms. The van der Waals surface area contributed by atoms with E-state index in [2.05, 4.69) is 22.3 Å². The number of nitrogens with one attached hydrogen (secondary N) is 1. The Balaban J connectivity index is 0.00000176. The molecule has 0 atom stereocenters. The minimum absolute atomic E-state index is 0. The van der Waals surface area contributed by atoms with Gasteiger partial charge in [-0.1, -0.05) is 12.1 Å². The molecule has 1 aromatic carbocycles. The Morgan fingerprint density at radius 1 is 1.18 bits per heavy atom. The van der Waals surface area contributed by atoms with Crippen LogP contribution in [0.5, 0.6) is 11.5 Å². The average molecular weight is 327 g/mol. The molecule has 0 aromatic heterocycles. The molecule has 2 aliphatic heterocycles. The molecular formula is C17H27ClN2O2. The molecule has 0 saturated carbocycles. The summed E-state index contributed by atoms with van der Waals surface area (Å²) in [6.07, 6.45) is 3.93. The van der Waals surface area contributed by atoms with E-state index in [9.17, 15) is 0 Å². The van der Waals surface area contributed by atoms with Gasteiger partial charge in [0, 0.05) is 12.1 Å². The van der Waals surface area contributed by atoms with Gasteiger partial charge in [0.1, 0.15) is 13.2 Å². The van der Waals surface area contributed by atoms with Crippen LogP contribution in [0.3, 0.4) is 0 Å². The summed E-state index contributed by atoms with van der Waals surface area (Å²) in [5.41, 5.74) is 1.26. The number of likely N-dealkylation sites (tertiary alicyclic amines) is 1. The molecule has 2 aliphatic rings. The van der Waals surface area contributed by atoms with E-state index < -0.39 is 0 Å². The molecule has 2 heterocycles. The number of hydrogen-bond donors (Lipinski definition) is 1. The highest BCUT2D eigenvalue weighted by atomic mass is 35.5. The van der Waals surface area contributed by atoms with Gasteiger partial charge in [-0.2, -0.15) is 0 Å². The van der Waals surface area contributed by atoms with Gasteiger partial charge in [0.05, 0.1) is 0 Å². The molecule has 0 aliphatic carbocycles. The van der Waals surface area contributed by atoms with Crippen LogP contribution in [-0.2, 0) is 6.54 Å². The fourth-order valence-electron chi connectivity index (χ4n) is 3.28. The second-order valence-electron chi connectivity index (χ2n) is 6.05. The van der Waals surface area contributed by atoms with Crippen molar-refractivity contribution in [2.24, 2.45) is 5.92 Å². The Morgan fingerprint density at radius 3 is 2.73 bits per heavy atom. The van der Waals surface area contributed by atoms with Crippen molar-refractivity contribution in [3.63, 3.8) is 0 Å². The highest BCUT2D eigenvalue weighted by molar-refractivity contribution is 5.85. The summed E-state index contributed by atoms with van der Waals surface area (Å²) in [5, 5.41) is 3.26. The van der Waals surface area contributed by atoms with Gasteiger partial charge in [0.25, 0.3) is 0 Å². The van der Waals surface area contributed by atoms with Gasteiger partial charge < -0.3 is 14.8 Å². The van der Waals surface area contributed by atoms with E-state index in [1.807, 2.05) is 13.1 Å². The first-order chi connectivity index (χ1) is 10.4. The molecule has 0 unspecified atom stereocenters. The zero-order valence-electron chi connectivity index (χ0n) is 13.3. The molecule has 3 rings (SSSR count). The predicted octanol–water partition coefficient (Wildman–Crippen LogP) is 2.70. The molecule has 0 amide bonds. The molecule has 0 spiro atoms. The number of nitrogens with zero attached hydrogens (tertiary/aromatic N) is 1. The summed E-state index contributed by atoms with van der Waals surface area (Å²) in [6, 6.07) is 6.24. The fourth-order valence-corrected chi connectivity index (χ4v) is 3.28. The van der Waals surface area contributed by atoms with E-state index >= 15 is 0 Å². The third-order valence-corrected chi connectivity index (χ3v) is 4.55. The quantitative estimate of drug-likeness (QED) is 0.902. The van der Waals surface area contributed by atoms with Crippen LogP contribution in [0.4, 0.5) is 0 Å². The lowest BCUT2D eigenvalue weighted by Gasteiger charge is -2.32. The van der Waals surface area contributed by atoms with Gasteiger partial charge >= 0.3 is 0 Å². The predicted molar refractivity (Wildman–Crippen MR) is 91.2 cm³/mol. The summed E-state index contributed by atoms with van der Waals surface area (Å²) < 4.78 is 11.5. The first-order valence-electron chi connectivity index (χ1n) is 8.11. The molecule has 4 nitrogen and oxygen atoms in total. The van der Waals surface area contributed by atoms with Crippen molar-refractivity contribution >= 4 is 12.4 Å². The van der Waals surface area contributed by atoms with Gasteiger partial charge in [-0.15, -0.1) is 12.4 Å². The van der Waals surface area contributed by atoms with Crippen molar-refractivity contribution in [1.82, 2.24) is 10.2 Å². The largest absolute Gasteiger partial charge is 0.486 e. The summed E-state index contributed by atoms with van der Waals surface area (Å²) in [4.78, 5) is 2.55. The van der Waals surface area contributed by atoms with Crippen LogP contribution in [-0.4, -0.2) is 44.8 Å². The lowest BCUT2D eigenvalue weighted by Crippen LogP contribution is -2.34. The van der Waals surface area contributed by atoms with E-state index in [1.54, 1.807) is 0 Å². The molecular weight excluding hydrogens is 300 g/mol. The standard InChI is InChI=1S/C17H26N2O2.ClH/c1-18-8-5-14-6-9-19(10-7-14)13-15-3-2-4-16-17(15)21-12-11-20-16;/h2-4,14,18H,5-13H2,1H3;1H. The third kappa shape index (κ3) is 4.28. The van der Waals surface area contributed by atoms with Gasteiger partial charge in [0.15, 0.2) is 11.5 Å². The summed E-state index contributed by atoms with van der Waals surface area (Å²) in [7, 11) is 2.04. The zero-order valence-corrected chi connectivity index (χ0v) is 14.2. The van der Waals surface area contributed by atoms with Crippen molar-refractivity contribution in [3.05, 3.63) is 23.8 Å². The Bertz CT molecular complexity index is 462. The lowest BCUT2D eigenvalue weighted by atomic mass is 9.93. The van der Waals surface area contributed by atoms with Crippen LogP contribution in [0.15, 0.2) is 18.2 Å². The number of hydrogen-bond acceptors (Lipinski definition) is 4. The number of benzene rings is 1. The Morgan fingerprint density at radius 2 is 1.95 bits per heavy atom. The normalized spacial score (nSPS) is 18.8. The molecule has 1 aromatic rings. The number of ether oxygens (including phenoxy) is 2. The van der Waals surface area contributed by atoms with Gasteiger partial charge in [0.2, 0.25) is 0 Å². The SMILES string of the molecule is CNCCC1CCN(Cc2cccc3c2OCCO3)CC1.Cl. The molecule has 124 valence electrons. The van der Waals surface area contributed by atoms with Crippen molar-refractivity contribution < 1.29 is 9.47 Å². The molecule has 1 saturated heterocycles. The van der Waals surface area contributed by atoms with E-state index in [0.29, 0.717) is 13.2 Å². The number of fused-ring (bicyclic) bond motifs is 1. The number of rotatable bonds is 5. The zero-order chi connectivity index (χ0) is 14.5. The minimum Gasteiger partial charge on any atom is -0.486 e. The lowest BCUT2D eigenvalue weighted by molar-refractivity contribution is 0.154. The Labute approximate surface area is 139 Å².